The Bertz CT molecular complexity index is 263. The summed E-state index contributed by atoms with van der Waals surface area (Å²) in [6.45, 7) is 4.85. The zero-order chi connectivity index (χ0) is 12.1. The first-order valence-corrected chi connectivity index (χ1v) is 6.89. The summed E-state index contributed by atoms with van der Waals surface area (Å²) in [5, 5.41) is 3.23. The molecule has 1 saturated carbocycles. The highest BCUT2D eigenvalue weighted by molar-refractivity contribution is 5.77. The maximum Gasteiger partial charge on any atom is 0.188 e. The van der Waals surface area contributed by atoms with Crippen LogP contribution in [0.5, 0.6) is 0 Å². The molecule has 4 nitrogen and oxygen atoms in total. The molecule has 17 heavy (non-hydrogen) atoms. The summed E-state index contributed by atoms with van der Waals surface area (Å²) in [4.78, 5) is 4.44. The second-order valence-electron chi connectivity index (χ2n) is 5.48. The predicted molar refractivity (Wildman–Crippen MR) is 70.0 cm³/mol. The fraction of sp³-hybridized carbons (Fsp3) is 0.923. The number of hydrogen-bond donors (Lipinski definition) is 2. The van der Waals surface area contributed by atoms with Crippen molar-refractivity contribution in [1.82, 2.24) is 5.32 Å². The molecule has 2 unspecified atom stereocenters. The van der Waals surface area contributed by atoms with Gasteiger partial charge in [-0.2, -0.15) is 0 Å². The van der Waals surface area contributed by atoms with E-state index in [-0.39, 0.29) is 0 Å². The molecule has 1 heterocycles. The monoisotopic (exact) mass is 239 g/mol. The van der Waals surface area contributed by atoms with E-state index in [0.29, 0.717) is 18.0 Å². The molecule has 0 spiro atoms. The van der Waals surface area contributed by atoms with Crippen LogP contribution in [0.4, 0.5) is 0 Å². The summed E-state index contributed by atoms with van der Waals surface area (Å²) in [5.41, 5.74) is 5.86. The molecule has 0 amide bonds. The minimum atomic E-state index is 0.383. The smallest absolute Gasteiger partial charge is 0.188 e. The second-order valence-corrected chi connectivity index (χ2v) is 5.48. The molecule has 0 radical (unpaired) electrons. The molecule has 1 saturated heterocycles. The molecule has 0 bridgehead atoms. The Morgan fingerprint density at radius 2 is 2.18 bits per heavy atom. The fourth-order valence-electron chi connectivity index (χ4n) is 2.49. The van der Waals surface area contributed by atoms with E-state index in [0.717, 1.165) is 38.5 Å². The van der Waals surface area contributed by atoms with Gasteiger partial charge in [-0.1, -0.05) is 6.42 Å². The van der Waals surface area contributed by atoms with Crippen LogP contribution in [0.1, 0.15) is 39.0 Å². The number of aliphatic imine (C=N–C) groups is 1. The van der Waals surface area contributed by atoms with Gasteiger partial charge in [0.05, 0.1) is 6.10 Å². The SMILES string of the molecule is CC1CC(CN=C(N)NCC2CCC2)CCO1. The van der Waals surface area contributed by atoms with E-state index in [1.54, 1.807) is 0 Å². The van der Waals surface area contributed by atoms with Gasteiger partial charge in [-0.25, -0.2) is 0 Å². The standard InChI is InChI=1S/C13H25N3O/c1-10-7-12(5-6-17-10)9-16-13(14)15-8-11-3-2-4-11/h10-12H,2-9H2,1H3,(H3,14,15,16). The van der Waals surface area contributed by atoms with Crippen molar-refractivity contribution in [3.8, 4) is 0 Å². The van der Waals surface area contributed by atoms with Crippen LogP contribution in [-0.4, -0.2) is 31.8 Å². The number of ether oxygens (including phenoxy) is 1. The lowest BCUT2D eigenvalue weighted by molar-refractivity contribution is 0.00481. The van der Waals surface area contributed by atoms with E-state index in [4.69, 9.17) is 10.5 Å². The highest BCUT2D eigenvalue weighted by atomic mass is 16.5. The fourth-order valence-corrected chi connectivity index (χ4v) is 2.49. The summed E-state index contributed by atoms with van der Waals surface area (Å²) in [7, 11) is 0. The number of nitrogens with two attached hydrogens (primary N) is 1. The molecule has 4 heteroatoms. The van der Waals surface area contributed by atoms with E-state index in [1.165, 1.54) is 19.3 Å². The van der Waals surface area contributed by atoms with Gasteiger partial charge in [0.1, 0.15) is 0 Å². The number of nitrogens with zero attached hydrogens (tertiary/aromatic N) is 1. The minimum Gasteiger partial charge on any atom is -0.378 e. The zero-order valence-corrected chi connectivity index (χ0v) is 10.8. The quantitative estimate of drug-likeness (QED) is 0.577. The van der Waals surface area contributed by atoms with Crippen LogP contribution in [-0.2, 0) is 4.74 Å². The van der Waals surface area contributed by atoms with E-state index in [2.05, 4.69) is 17.2 Å². The van der Waals surface area contributed by atoms with Gasteiger partial charge >= 0.3 is 0 Å². The zero-order valence-electron chi connectivity index (χ0n) is 10.8. The maximum absolute atomic E-state index is 5.86. The highest BCUT2D eigenvalue weighted by Gasteiger charge is 2.19. The van der Waals surface area contributed by atoms with Crippen molar-refractivity contribution >= 4 is 5.96 Å². The van der Waals surface area contributed by atoms with Gasteiger partial charge in [-0.3, -0.25) is 4.99 Å². The molecule has 1 aliphatic heterocycles. The van der Waals surface area contributed by atoms with Crippen molar-refractivity contribution in [1.29, 1.82) is 0 Å². The third kappa shape index (κ3) is 4.19. The Labute approximate surface area is 104 Å². The highest BCUT2D eigenvalue weighted by Crippen LogP contribution is 2.25. The van der Waals surface area contributed by atoms with Gasteiger partial charge in [-0.15, -0.1) is 0 Å². The van der Waals surface area contributed by atoms with E-state index >= 15 is 0 Å². The molecule has 2 atom stereocenters. The molecule has 3 N–H and O–H groups in total. The van der Waals surface area contributed by atoms with Crippen molar-refractivity contribution in [2.45, 2.75) is 45.1 Å². The first-order chi connectivity index (χ1) is 8.24. The molecular weight excluding hydrogens is 214 g/mol. The van der Waals surface area contributed by atoms with Crippen LogP contribution in [0.25, 0.3) is 0 Å². The van der Waals surface area contributed by atoms with Crippen molar-refractivity contribution in [3.63, 3.8) is 0 Å². The Morgan fingerprint density at radius 3 is 2.82 bits per heavy atom. The van der Waals surface area contributed by atoms with E-state index in [9.17, 15) is 0 Å². The average Bonchev–Trinajstić information content (AvgIpc) is 2.24. The maximum atomic E-state index is 5.86. The van der Waals surface area contributed by atoms with Gasteiger partial charge in [0.15, 0.2) is 5.96 Å². The molecule has 0 aromatic carbocycles. The Morgan fingerprint density at radius 1 is 1.35 bits per heavy atom. The van der Waals surface area contributed by atoms with Crippen LogP contribution in [0.2, 0.25) is 0 Å². The molecule has 0 aromatic rings. The molecule has 0 aromatic heterocycles. The van der Waals surface area contributed by atoms with Crippen LogP contribution in [0.15, 0.2) is 4.99 Å². The van der Waals surface area contributed by atoms with Crippen molar-refractivity contribution in [2.24, 2.45) is 22.6 Å². The van der Waals surface area contributed by atoms with Crippen LogP contribution >= 0.6 is 0 Å². The van der Waals surface area contributed by atoms with Gasteiger partial charge in [0, 0.05) is 19.7 Å². The summed E-state index contributed by atoms with van der Waals surface area (Å²) >= 11 is 0. The molecule has 1 aliphatic carbocycles. The van der Waals surface area contributed by atoms with E-state index in [1.807, 2.05) is 0 Å². The topological polar surface area (TPSA) is 59.6 Å². The molecule has 2 aliphatic rings. The number of nitrogens with one attached hydrogen (secondary N) is 1. The summed E-state index contributed by atoms with van der Waals surface area (Å²) in [6, 6.07) is 0. The Balaban J connectivity index is 1.63. The lowest BCUT2D eigenvalue weighted by atomic mass is 9.85. The summed E-state index contributed by atoms with van der Waals surface area (Å²) in [5.74, 6) is 2.09. The largest absolute Gasteiger partial charge is 0.378 e. The summed E-state index contributed by atoms with van der Waals surface area (Å²) in [6.07, 6.45) is 6.68. The minimum absolute atomic E-state index is 0.383. The summed E-state index contributed by atoms with van der Waals surface area (Å²) < 4.78 is 5.52. The lowest BCUT2D eigenvalue weighted by Crippen LogP contribution is -2.37. The molecule has 98 valence electrons. The first-order valence-electron chi connectivity index (χ1n) is 6.89. The number of guanidine groups is 1. The first kappa shape index (κ1) is 12.7. The van der Waals surface area contributed by atoms with E-state index < -0.39 is 0 Å². The van der Waals surface area contributed by atoms with Crippen LogP contribution in [0, 0.1) is 11.8 Å². The number of rotatable bonds is 4. The van der Waals surface area contributed by atoms with Crippen molar-refractivity contribution in [3.05, 3.63) is 0 Å². The lowest BCUT2D eigenvalue weighted by Gasteiger charge is -2.27. The number of hydrogen-bond acceptors (Lipinski definition) is 2. The third-order valence-corrected chi connectivity index (χ3v) is 3.91. The average molecular weight is 239 g/mol. The van der Waals surface area contributed by atoms with Gasteiger partial charge in [0.25, 0.3) is 0 Å². The van der Waals surface area contributed by atoms with Gasteiger partial charge in [-0.05, 0) is 44.4 Å². The van der Waals surface area contributed by atoms with Crippen molar-refractivity contribution < 1.29 is 4.74 Å². The van der Waals surface area contributed by atoms with Crippen LogP contribution in [0.3, 0.4) is 0 Å². The normalized spacial score (nSPS) is 31.0. The Hall–Kier alpha value is -0.770. The molecule has 2 fully saturated rings. The van der Waals surface area contributed by atoms with Gasteiger partial charge in [0.2, 0.25) is 0 Å². The van der Waals surface area contributed by atoms with Crippen molar-refractivity contribution in [2.75, 3.05) is 19.7 Å². The molecule has 2 rings (SSSR count). The predicted octanol–water partition coefficient (Wildman–Crippen LogP) is 1.51. The van der Waals surface area contributed by atoms with Gasteiger partial charge < -0.3 is 15.8 Å². The third-order valence-electron chi connectivity index (χ3n) is 3.91. The second kappa shape index (κ2) is 6.24. The van der Waals surface area contributed by atoms with Crippen LogP contribution < -0.4 is 11.1 Å². The Kier molecular flexibility index (Phi) is 4.66. The molecular formula is C13H25N3O.